The van der Waals surface area contributed by atoms with Gasteiger partial charge in [0.2, 0.25) is 11.8 Å². The number of benzene rings is 1. The summed E-state index contributed by atoms with van der Waals surface area (Å²) in [6, 6.07) is 12.3. The lowest BCUT2D eigenvalue weighted by atomic mass is 9.77. The fourth-order valence-corrected chi connectivity index (χ4v) is 5.86. The van der Waals surface area contributed by atoms with Crippen LogP contribution < -0.4 is 10.6 Å². The van der Waals surface area contributed by atoms with Crippen LogP contribution in [0.4, 0.5) is 0 Å². The second-order valence-electron chi connectivity index (χ2n) is 9.36. The van der Waals surface area contributed by atoms with Gasteiger partial charge >= 0.3 is 0 Å². The summed E-state index contributed by atoms with van der Waals surface area (Å²) in [5, 5.41) is 9.02. The van der Waals surface area contributed by atoms with Crippen molar-refractivity contribution in [3.05, 3.63) is 57.2 Å². The Morgan fingerprint density at radius 2 is 1.79 bits per heavy atom. The molecule has 1 saturated carbocycles. The molecule has 2 N–H and O–H groups in total. The zero-order chi connectivity index (χ0) is 23.8. The van der Waals surface area contributed by atoms with E-state index in [4.69, 9.17) is 11.6 Å². The lowest BCUT2D eigenvalue weighted by Crippen LogP contribution is -2.48. The predicted octanol–water partition coefficient (Wildman–Crippen LogP) is 5.31. The van der Waals surface area contributed by atoms with Crippen LogP contribution in [0.1, 0.15) is 68.2 Å². The van der Waals surface area contributed by atoms with Crippen LogP contribution in [0.15, 0.2) is 41.8 Å². The van der Waals surface area contributed by atoms with Crippen LogP contribution in [0.5, 0.6) is 0 Å². The highest BCUT2D eigenvalue weighted by atomic mass is 35.5. The summed E-state index contributed by atoms with van der Waals surface area (Å²) in [6.07, 6.45) is 5.36. The Bertz CT molecular complexity index is 891. The molecular formula is C26H36ClN3O2S. The molecule has 7 heteroatoms. The van der Waals surface area contributed by atoms with E-state index in [0.717, 1.165) is 31.2 Å². The molecule has 1 aliphatic carbocycles. The van der Waals surface area contributed by atoms with E-state index in [0.29, 0.717) is 30.8 Å². The number of nitrogens with zero attached hydrogens (tertiary/aromatic N) is 1. The van der Waals surface area contributed by atoms with Crippen LogP contribution >= 0.6 is 22.9 Å². The third-order valence-corrected chi connectivity index (χ3v) is 8.18. The van der Waals surface area contributed by atoms with Gasteiger partial charge in [0, 0.05) is 35.3 Å². The van der Waals surface area contributed by atoms with Gasteiger partial charge < -0.3 is 10.6 Å². The van der Waals surface area contributed by atoms with Crippen molar-refractivity contribution in [1.82, 2.24) is 15.5 Å². The number of thiophene rings is 1. The molecular weight excluding hydrogens is 454 g/mol. The number of nitrogens with one attached hydrogen (secondary N) is 2. The predicted molar refractivity (Wildman–Crippen MR) is 137 cm³/mol. The summed E-state index contributed by atoms with van der Waals surface area (Å²) in [5.74, 6) is 0.257. The first-order chi connectivity index (χ1) is 15.8. The topological polar surface area (TPSA) is 61.4 Å². The molecule has 5 nitrogen and oxygen atoms in total. The number of rotatable bonds is 10. The largest absolute Gasteiger partial charge is 0.356 e. The second-order valence-corrected chi connectivity index (χ2v) is 10.7. The summed E-state index contributed by atoms with van der Waals surface area (Å²) in [5.41, 5.74) is 1.22. The van der Waals surface area contributed by atoms with E-state index in [9.17, 15) is 9.59 Å². The Morgan fingerprint density at radius 3 is 2.39 bits per heavy atom. The van der Waals surface area contributed by atoms with Crippen molar-refractivity contribution in [2.24, 2.45) is 0 Å². The van der Waals surface area contributed by atoms with E-state index >= 15 is 0 Å². The van der Waals surface area contributed by atoms with Gasteiger partial charge in [0.25, 0.3) is 0 Å². The molecule has 1 aromatic heterocycles. The van der Waals surface area contributed by atoms with E-state index in [1.807, 2.05) is 35.6 Å². The first-order valence-electron chi connectivity index (χ1n) is 11.8. The van der Waals surface area contributed by atoms with Crippen molar-refractivity contribution in [1.29, 1.82) is 0 Å². The number of halogens is 1. The van der Waals surface area contributed by atoms with Crippen molar-refractivity contribution in [3.8, 4) is 0 Å². The number of amides is 2. The van der Waals surface area contributed by atoms with Gasteiger partial charge in [0.05, 0.1) is 5.54 Å². The molecule has 2 amide bonds. The molecule has 33 heavy (non-hydrogen) atoms. The molecule has 1 atom stereocenters. The molecule has 0 radical (unpaired) electrons. The van der Waals surface area contributed by atoms with Crippen LogP contribution in [-0.2, 0) is 15.1 Å². The summed E-state index contributed by atoms with van der Waals surface area (Å²) < 4.78 is 0. The maximum absolute atomic E-state index is 12.4. The van der Waals surface area contributed by atoms with E-state index in [1.165, 1.54) is 4.88 Å². The zero-order valence-electron chi connectivity index (χ0n) is 19.9. The average Bonchev–Trinajstić information content (AvgIpc) is 3.34. The molecule has 0 bridgehead atoms. The normalized spacial score (nSPS) is 21.5. The molecule has 3 rings (SSSR count). The fraction of sp³-hybridized carbons (Fsp3) is 0.538. The number of hydrogen-bond acceptors (Lipinski definition) is 4. The zero-order valence-corrected chi connectivity index (χ0v) is 21.5. The van der Waals surface area contributed by atoms with Crippen LogP contribution in [0, 0.1) is 0 Å². The van der Waals surface area contributed by atoms with Crippen LogP contribution in [-0.4, -0.2) is 43.4 Å². The third-order valence-electron chi connectivity index (χ3n) is 6.87. The molecule has 180 valence electrons. The van der Waals surface area contributed by atoms with Crippen molar-refractivity contribution in [2.45, 2.75) is 69.4 Å². The Balaban J connectivity index is 1.34. The summed E-state index contributed by atoms with van der Waals surface area (Å²) in [6.45, 7) is 2.65. The highest BCUT2D eigenvalue weighted by Gasteiger charge is 2.39. The SMILES string of the molecule is CC(CNC(=O)CCCC(=O)NC1CCC(c2cccs2)(N(C)C)CC1)c1ccc(Cl)cc1. The molecule has 1 unspecified atom stereocenters. The Morgan fingerprint density at radius 1 is 1.12 bits per heavy atom. The van der Waals surface area contributed by atoms with Gasteiger partial charge in [0.1, 0.15) is 0 Å². The molecule has 2 aromatic rings. The van der Waals surface area contributed by atoms with Crippen LogP contribution in [0.25, 0.3) is 0 Å². The van der Waals surface area contributed by atoms with Crippen molar-refractivity contribution < 1.29 is 9.59 Å². The van der Waals surface area contributed by atoms with Gasteiger partial charge in [-0.15, -0.1) is 11.3 Å². The monoisotopic (exact) mass is 489 g/mol. The lowest BCUT2D eigenvalue weighted by Gasteiger charge is -2.44. The Labute approximate surface area is 206 Å². The molecule has 0 aliphatic heterocycles. The quantitative estimate of drug-likeness (QED) is 0.475. The first kappa shape index (κ1) is 25.7. The standard InChI is InChI=1S/C26H36ClN3O2S/c1-19(20-9-11-21(27)12-10-20)18-28-24(31)7-4-8-25(32)29-22-13-15-26(16-14-22,30(2)3)23-6-5-17-33-23/h5-6,9-12,17,19,22H,4,7-8,13-16,18H2,1-3H3,(H,28,31)(H,29,32). The Hall–Kier alpha value is -1.89. The Kier molecular flexibility index (Phi) is 9.36. The maximum atomic E-state index is 12.4. The average molecular weight is 490 g/mol. The van der Waals surface area contributed by atoms with Gasteiger partial charge in [0.15, 0.2) is 0 Å². The van der Waals surface area contributed by atoms with Gasteiger partial charge in [-0.1, -0.05) is 36.7 Å². The molecule has 0 saturated heterocycles. The first-order valence-corrected chi connectivity index (χ1v) is 13.1. The highest BCUT2D eigenvalue weighted by molar-refractivity contribution is 7.10. The number of carbonyl (C=O) groups is 2. The maximum Gasteiger partial charge on any atom is 0.220 e. The molecule has 0 spiro atoms. The van der Waals surface area contributed by atoms with Crippen LogP contribution in [0.3, 0.4) is 0 Å². The van der Waals surface area contributed by atoms with Gasteiger partial charge in [-0.3, -0.25) is 14.5 Å². The lowest BCUT2D eigenvalue weighted by molar-refractivity contribution is -0.123. The minimum atomic E-state index is -0.00649. The highest BCUT2D eigenvalue weighted by Crippen LogP contribution is 2.43. The van der Waals surface area contributed by atoms with E-state index in [-0.39, 0.29) is 29.3 Å². The minimum Gasteiger partial charge on any atom is -0.356 e. The summed E-state index contributed by atoms with van der Waals surface area (Å²) in [4.78, 5) is 28.4. The minimum absolute atomic E-state index is 0.00649. The van der Waals surface area contributed by atoms with Crippen molar-refractivity contribution >= 4 is 34.8 Å². The van der Waals surface area contributed by atoms with E-state index < -0.39 is 0 Å². The van der Waals surface area contributed by atoms with Gasteiger partial charge in [-0.05, 0) is 81.3 Å². The van der Waals surface area contributed by atoms with E-state index in [2.05, 4.69) is 54.1 Å². The van der Waals surface area contributed by atoms with Gasteiger partial charge in [-0.25, -0.2) is 0 Å². The van der Waals surface area contributed by atoms with Crippen LogP contribution in [0.2, 0.25) is 5.02 Å². The smallest absolute Gasteiger partial charge is 0.220 e. The molecule has 1 aliphatic rings. The van der Waals surface area contributed by atoms with E-state index in [1.54, 1.807) is 0 Å². The third kappa shape index (κ3) is 7.05. The molecule has 1 fully saturated rings. The fourth-order valence-electron chi connectivity index (χ4n) is 4.67. The number of carbonyl (C=O) groups excluding carboxylic acids is 2. The number of hydrogen-bond donors (Lipinski definition) is 2. The van der Waals surface area contributed by atoms with Gasteiger partial charge in [-0.2, -0.15) is 0 Å². The molecule has 1 aromatic carbocycles. The second kappa shape index (κ2) is 12.0. The summed E-state index contributed by atoms with van der Waals surface area (Å²) in [7, 11) is 4.31. The molecule has 1 heterocycles. The summed E-state index contributed by atoms with van der Waals surface area (Å²) >= 11 is 7.75. The van der Waals surface area contributed by atoms with Crippen molar-refractivity contribution in [2.75, 3.05) is 20.6 Å². The van der Waals surface area contributed by atoms with Crippen molar-refractivity contribution in [3.63, 3.8) is 0 Å².